The highest BCUT2D eigenvalue weighted by atomic mass is 35.5. The SMILES string of the molecule is O=C(NC1CCCC1CCl)C1CCCCCC1. The Morgan fingerprint density at radius 1 is 1.00 bits per heavy atom. The maximum Gasteiger partial charge on any atom is 0.223 e. The summed E-state index contributed by atoms with van der Waals surface area (Å²) >= 11 is 5.95. The third-order valence-corrected chi connectivity index (χ3v) is 4.81. The molecule has 1 N–H and O–H groups in total. The average molecular weight is 258 g/mol. The van der Waals surface area contributed by atoms with Crippen LogP contribution in [0.2, 0.25) is 0 Å². The number of hydrogen-bond acceptors (Lipinski definition) is 1. The number of amides is 1. The molecule has 0 aromatic heterocycles. The van der Waals surface area contributed by atoms with Crippen molar-refractivity contribution in [3.05, 3.63) is 0 Å². The van der Waals surface area contributed by atoms with Crippen molar-refractivity contribution >= 4 is 17.5 Å². The standard InChI is InChI=1S/C14H24ClNO/c15-10-12-8-5-9-13(12)16-14(17)11-6-3-1-2-4-7-11/h11-13H,1-10H2,(H,16,17). The van der Waals surface area contributed by atoms with Crippen LogP contribution in [0.5, 0.6) is 0 Å². The Kier molecular flexibility index (Phi) is 5.15. The number of nitrogens with one attached hydrogen (secondary N) is 1. The first-order chi connectivity index (χ1) is 8.31. The molecule has 2 fully saturated rings. The van der Waals surface area contributed by atoms with E-state index in [2.05, 4.69) is 5.32 Å². The summed E-state index contributed by atoms with van der Waals surface area (Å²) in [5, 5.41) is 3.25. The molecule has 2 nitrogen and oxygen atoms in total. The topological polar surface area (TPSA) is 29.1 Å². The molecule has 0 heterocycles. The maximum absolute atomic E-state index is 12.2. The van der Waals surface area contributed by atoms with Crippen molar-refractivity contribution in [2.75, 3.05) is 5.88 Å². The molecule has 0 aromatic carbocycles. The molecular weight excluding hydrogens is 234 g/mol. The van der Waals surface area contributed by atoms with Gasteiger partial charge in [0, 0.05) is 17.8 Å². The van der Waals surface area contributed by atoms with E-state index in [1.54, 1.807) is 0 Å². The minimum absolute atomic E-state index is 0.272. The molecule has 0 aliphatic heterocycles. The van der Waals surface area contributed by atoms with Gasteiger partial charge in [-0.1, -0.05) is 32.1 Å². The van der Waals surface area contributed by atoms with Crippen LogP contribution in [-0.4, -0.2) is 17.8 Å². The van der Waals surface area contributed by atoms with Crippen LogP contribution < -0.4 is 5.32 Å². The van der Waals surface area contributed by atoms with E-state index in [9.17, 15) is 4.79 Å². The highest BCUT2D eigenvalue weighted by Gasteiger charge is 2.30. The molecule has 0 radical (unpaired) electrons. The molecule has 2 rings (SSSR count). The van der Waals surface area contributed by atoms with Crippen LogP contribution in [0.15, 0.2) is 0 Å². The van der Waals surface area contributed by atoms with Gasteiger partial charge in [0.15, 0.2) is 0 Å². The Hall–Kier alpha value is -0.240. The molecule has 0 spiro atoms. The second-order valence-corrected chi connectivity index (χ2v) is 5.96. The van der Waals surface area contributed by atoms with Gasteiger partial charge in [-0.05, 0) is 31.6 Å². The zero-order valence-corrected chi connectivity index (χ0v) is 11.3. The van der Waals surface area contributed by atoms with Crippen molar-refractivity contribution in [1.82, 2.24) is 5.32 Å². The number of carbonyl (C=O) groups excluding carboxylic acids is 1. The predicted octanol–water partition coefficient (Wildman–Crippen LogP) is 3.48. The maximum atomic E-state index is 12.2. The first-order valence-electron chi connectivity index (χ1n) is 7.17. The number of carbonyl (C=O) groups is 1. The third-order valence-electron chi connectivity index (χ3n) is 4.41. The smallest absolute Gasteiger partial charge is 0.223 e. The highest BCUT2D eigenvalue weighted by Crippen LogP contribution is 2.28. The summed E-state index contributed by atoms with van der Waals surface area (Å²) in [6.45, 7) is 0. The van der Waals surface area contributed by atoms with Gasteiger partial charge in [-0.3, -0.25) is 4.79 Å². The van der Waals surface area contributed by atoms with Gasteiger partial charge in [0.1, 0.15) is 0 Å². The quantitative estimate of drug-likeness (QED) is 0.609. The lowest BCUT2D eigenvalue weighted by molar-refractivity contribution is -0.126. The molecule has 3 heteroatoms. The zero-order chi connectivity index (χ0) is 12.1. The molecule has 2 atom stereocenters. The Morgan fingerprint density at radius 2 is 1.71 bits per heavy atom. The summed E-state index contributed by atoms with van der Waals surface area (Å²) in [7, 11) is 0. The largest absolute Gasteiger partial charge is 0.353 e. The fraction of sp³-hybridized carbons (Fsp3) is 0.929. The van der Waals surface area contributed by atoms with E-state index in [0.29, 0.717) is 23.7 Å². The van der Waals surface area contributed by atoms with Gasteiger partial charge in [-0.25, -0.2) is 0 Å². The first-order valence-corrected chi connectivity index (χ1v) is 7.71. The molecule has 2 aliphatic carbocycles. The Labute approximate surface area is 109 Å². The fourth-order valence-corrected chi connectivity index (χ4v) is 3.62. The molecule has 2 unspecified atom stereocenters. The molecule has 0 bridgehead atoms. The molecule has 98 valence electrons. The first kappa shape index (κ1) is 13.2. The second-order valence-electron chi connectivity index (χ2n) is 5.65. The van der Waals surface area contributed by atoms with Crippen LogP contribution in [-0.2, 0) is 4.79 Å². The van der Waals surface area contributed by atoms with Gasteiger partial charge in [0.2, 0.25) is 5.91 Å². The number of rotatable bonds is 3. The van der Waals surface area contributed by atoms with Crippen LogP contribution in [0.1, 0.15) is 57.8 Å². The third kappa shape index (κ3) is 3.61. The van der Waals surface area contributed by atoms with E-state index in [-0.39, 0.29) is 5.92 Å². The predicted molar refractivity (Wildman–Crippen MR) is 71.2 cm³/mol. The van der Waals surface area contributed by atoms with E-state index < -0.39 is 0 Å². The summed E-state index contributed by atoms with van der Waals surface area (Å²) in [5.41, 5.74) is 0. The van der Waals surface area contributed by atoms with E-state index in [1.165, 1.54) is 38.5 Å². The van der Waals surface area contributed by atoms with Crippen LogP contribution in [0.25, 0.3) is 0 Å². The Bertz CT molecular complexity index is 249. The minimum Gasteiger partial charge on any atom is -0.353 e. The van der Waals surface area contributed by atoms with Gasteiger partial charge in [-0.2, -0.15) is 0 Å². The van der Waals surface area contributed by atoms with Crippen LogP contribution >= 0.6 is 11.6 Å². The fourth-order valence-electron chi connectivity index (χ4n) is 3.25. The summed E-state index contributed by atoms with van der Waals surface area (Å²) in [6.07, 6.45) is 10.7. The van der Waals surface area contributed by atoms with Crippen LogP contribution in [0.4, 0.5) is 0 Å². The molecular formula is C14H24ClNO. The van der Waals surface area contributed by atoms with Crippen molar-refractivity contribution in [3.8, 4) is 0 Å². The second kappa shape index (κ2) is 6.63. The van der Waals surface area contributed by atoms with Gasteiger partial charge in [0.05, 0.1) is 0 Å². The summed E-state index contributed by atoms with van der Waals surface area (Å²) < 4.78 is 0. The molecule has 1 amide bonds. The number of hydrogen-bond donors (Lipinski definition) is 1. The molecule has 17 heavy (non-hydrogen) atoms. The lowest BCUT2D eigenvalue weighted by atomic mass is 9.98. The highest BCUT2D eigenvalue weighted by molar-refractivity contribution is 6.18. The van der Waals surface area contributed by atoms with Gasteiger partial charge >= 0.3 is 0 Å². The number of alkyl halides is 1. The van der Waals surface area contributed by atoms with Crippen molar-refractivity contribution in [3.63, 3.8) is 0 Å². The molecule has 2 saturated carbocycles. The van der Waals surface area contributed by atoms with Crippen molar-refractivity contribution in [2.24, 2.45) is 11.8 Å². The monoisotopic (exact) mass is 257 g/mol. The molecule has 2 aliphatic rings. The molecule has 0 saturated heterocycles. The summed E-state index contributed by atoms with van der Waals surface area (Å²) in [5.74, 6) is 1.77. The Balaban J connectivity index is 1.82. The van der Waals surface area contributed by atoms with Gasteiger partial charge < -0.3 is 5.32 Å². The van der Waals surface area contributed by atoms with E-state index >= 15 is 0 Å². The van der Waals surface area contributed by atoms with Gasteiger partial charge in [0.25, 0.3) is 0 Å². The lowest BCUT2D eigenvalue weighted by Gasteiger charge is -2.22. The van der Waals surface area contributed by atoms with Gasteiger partial charge in [-0.15, -0.1) is 11.6 Å². The van der Waals surface area contributed by atoms with E-state index in [0.717, 1.165) is 19.3 Å². The van der Waals surface area contributed by atoms with Crippen molar-refractivity contribution < 1.29 is 4.79 Å². The minimum atomic E-state index is 0.272. The summed E-state index contributed by atoms with van der Waals surface area (Å²) in [4.78, 5) is 12.2. The number of halogens is 1. The molecule has 0 aromatic rings. The summed E-state index contributed by atoms with van der Waals surface area (Å²) in [6, 6.07) is 0.350. The lowest BCUT2D eigenvalue weighted by Crippen LogP contribution is -2.41. The van der Waals surface area contributed by atoms with Crippen LogP contribution in [0.3, 0.4) is 0 Å². The van der Waals surface area contributed by atoms with Crippen molar-refractivity contribution in [2.45, 2.75) is 63.8 Å². The van der Waals surface area contributed by atoms with Crippen molar-refractivity contribution in [1.29, 1.82) is 0 Å². The normalized spacial score (nSPS) is 31.1. The van der Waals surface area contributed by atoms with E-state index in [4.69, 9.17) is 11.6 Å². The Morgan fingerprint density at radius 3 is 2.35 bits per heavy atom. The van der Waals surface area contributed by atoms with Crippen LogP contribution in [0, 0.1) is 11.8 Å². The zero-order valence-electron chi connectivity index (χ0n) is 10.6. The average Bonchev–Trinajstić information content (AvgIpc) is 2.62. The van der Waals surface area contributed by atoms with E-state index in [1.807, 2.05) is 0 Å².